The van der Waals surface area contributed by atoms with Gasteiger partial charge in [0.25, 0.3) is 0 Å². The third kappa shape index (κ3) is 2.41. The van der Waals surface area contributed by atoms with Crippen molar-refractivity contribution in [3.05, 3.63) is 42.7 Å². The highest BCUT2D eigenvalue weighted by molar-refractivity contribution is 5.79. The molecule has 1 saturated carbocycles. The molecule has 1 N–H and O–H groups in total. The number of fused-ring (bicyclic) bond motifs is 2. The maximum Gasteiger partial charge on any atom is 0.241 e. The lowest BCUT2D eigenvalue weighted by atomic mass is 9.89. The van der Waals surface area contributed by atoms with E-state index in [9.17, 15) is 0 Å². The van der Waals surface area contributed by atoms with Gasteiger partial charge in [0, 0.05) is 48.6 Å². The number of rotatable bonds is 4. The molecule has 4 aromatic rings. The predicted octanol–water partition coefficient (Wildman–Crippen LogP) is 2.34. The topological polar surface area (TPSA) is 81.6 Å². The summed E-state index contributed by atoms with van der Waals surface area (Å²) in [5, 5.41) is 7.94. The van der Waals surface area contributed by atoms with Gasteiger partial charge in [0.15, 0.2) is 0 Å². The third-order valence-electron chi connectivity index (χ3n) is 5.04. The molecule has 0 amide bonds. The van der Waals surface area contributed by atoms with Crippen molar-refractivity contribution in [2.45, 2.75) is 31.9 Å². The Labute approximate surface area is 149 Å². The highest BCUT2D eigenvalue weighted by Gasteiger charge is 2.29. The Hall–Kier alpha value is -3.00. The van der Waals surface area contributed by atoms with Gasteiger partial charge >= 0.3 is 0 Å². The molecule has 8 nitrogen and oxygen atoms in total. The minimum atomic E-state index is 0.350. The van der Waals surface area contributed by atoms with Crippen LogP contribution in [-0.2, 0) is 4.74 Å². The van der Waals surface area contributed by atoms with Crippen LogP contribution >= 0.6 is 0 Å². The summed E-state index contributed by atoms with van der Waals surface area (Å²) in [4.78, 5) is 13.2. The quantitative estimate of drug-likeness (QED) is 0.609. The van der Waals surface area contributed by atoms with E-state index in [1.165, 1.54) is 0 Å². The molecule has 5 rings (SSSR count). The Morgan fingerprint density at radius 3 is 2.85 bits per heavy atom. The van der Waals surface area contributed by atoms with Crippen molar-refractivity contribution in [3.8, 4) is 11.1 Å². The van der Waals surface area contributed by atoms with Gasteiger partial charge < -0.3 is 10.1 Å². The van der Waals surface area contributed by atoms with Crippen molar-refractivity contribution in [1.82, 2.24) is 29.0 Å². The van der Waals surface area contributed by atoms with Crippen LogP contribution in [0.3, 0.4) is 0 Å². The van der Waals surface area contributed by atoms with Crippen molar-refractivity contribution in [2.75, 3.05) is 12.4 Å². The van der Waals surface area contributed by atoms with E-state index in [4.69, 9.17) is 4.74 Å². The van der Waals surface area contributed by atoms with Crippen molar-refractivity contribution in [1.29, 1.82) is 0 Å². The molecule has 8 heteroatoms. The van der Waals surface area contributed by atoms with Gasteiger partial charge in [0.1, 0.15) is 0 Å². The van der Waals surface area contributed by atoms with E-state index in [0.29, 0.717) is 23.9 Å². The number of ether oxygens (including phenoxy) is 1. The fourth-order valence-corrected chi connectivity index (χ4v) is 3.40. The predicted molar refractivity (Wildman–Crippen MR) is 97.1 cm³/mol. The molecular formula is C18H19N7O. The standard InChI is InChI=1S/C18H19N7O/c1-11-7-20-18-21-8-12(10-24(11)18)15-3-4-25-16(15)9-19-17(23-25)22-13-5-14(6-13)26-2/h3-4,7-10,13-14H,5-6H2,1-2H3,(H,22,23)/t13-,14+. The van der Waals surface area contributed by atoms with Crippen LogP contribution in [0, 0.1) is 6.92 Å². The molecule has 0 spiro atoms. The lowest BCUT2D eigenvalue weighted by Crippen LogP contribution is -2.40. The fraction of sp³-hybridized carbons (Fsp3) is 0.333. The summed E-state index contributed by atoms with van der Waals surface area (Å²) < 4.78 is 9.15. The van der Waals surface area contributed by atoms with E-state index >= 15 is 0 Å². The zero-order chi connectivity index (χ0) is 17.7. The molecule has 1 fully saturated rings. The Morgan fingerprint density at radius 1 is 1.15 bits per heavy atom. The van der Waals surface area contributed by atoms with Gasteiger partial charge in [-0.05, 0) is 25.8 Å². The number of hydrogen-bond donors (Lipinski definition) is 1. The number of aryl methyl sites for hydroxylation is 1. The van der Waals surface area contributed by atoms with Crippen molar-refractivity contribution in [3.63, 3.8) is 0 Å². The number of nitrogens with one attached hydrogen (secondary N) is 1. The van der Waals surface area contributed by atoms with Crippen LogP contribution in [0.2, 0.25) is 0 Å². The summed E-state index contributed by atoms with van der Waals surface area (Å²) >= 11 is 0. The first-order valence-corrected chi connectivity index (χ1v) is 8.65. The largest absolute Gasteiger partial charge is 0.381 e. The van der Waals surface area contributed by atoms with E-state index in [1.807, 2.05) is 52.9 Å². The highest BCUT2D eigenvalue weighted by Crippen LogP contribution is 2.27. The molecule has 0 radical (unpaired) electrons. The second-order valence-electron chi connectivity index (χ2n) is 6.72. The van der Waals surface area contributed by atoms with E-state index in [-0.39, 0.29) is 0 Å². The molecule has 0 unspecified atom stereocenters. The first-order chi connectivity index (χ1) is 12.7. The molecule has 0 aromatic carbocycles. The molecule has 1 aliphatic carbocycles. The van der Waals surface area contributed by atoms with Crippen LogP contribution in [-0.4, -0.2) is 48.2 Å². The Morgan fingerprint density at radius 2 is 2.00 bits per heavy atom. The monoisotopic (exact) mass is 349 g/mol. The van der Waals surface area contributed by atoms with Gasteiger partial charge in [-0.15, -0.1) is 5.10 Å². The van der Waals surface area contributed by atoms with Crippen molar-refractivity contribution in [2.24, 2.45) is 0 Å². The second-order valence-corrected chi connectivity index (χ2v) is 6.72. The Balaban J connectivity index is 1.46. The summed E-state index contributed by atoms with van der Waals surface area (Å²) in [7, 11) is 1.75. The number of methoxy groups -OCH3 is 1. The van der Waals surface area contributed by atoms with Crippen LogP contribution in [0.5, 0.6) is 0 Å². The lowest BCUT2D eigenvalue weighted by molar-refractivity contribution is 0.0326. The van der Waals surface area contributed by atoms with Crippen LogP contribution in [0.15, 0.2) is 37.1 Å². The van der Waals surface area contributed by atoms with Crippen LogP contribution in [0.25, 0.3) is 22.4 Å². The smallest absolute Gasteiger partial charge is 0.241 e. The van der Waals surface area contributed by atoms with Crippen molar-refractivity contribution < 1.29 is 4.74 Å². The number of anilines is 1. The summed E-state index contributed by atoms with van der Waals surface area (Å²) in [5.41, 5.74) is 4.04. The Bertz CT molecular complexity index is 1090. The average Bonchev–Trinajstić information content (AvgIpc) is 3.21. The molecule has 0 saturated heterocycles. The zero-order valence-electron chi connectivity index (χ0n) is 14.6. The molecule has 0 atom stereocenters. The first kappa shape index (κ1) is 15.3. The number of aromatic nitrogens is 6. The van der Waals surface area contributed by atoms with Crippen LogP contribution in [0.4, 0.5) is 5.95 Å². The van der Waals surface area contributed by atoms with Gasteiger partial charge in [0.05, 0.1) is 24.0 Å². The SMILES string of the molecule is CO[C@H]1C[C@@H](Nc2ncc3c(-c4cnc5ncc(C)n5c4)ccn3n2)C1. The molecule has 0 bridgehead atoms. The van der Waals surface area contributed by atoms with E-state index in [2.05, 4.69) is 25.4 Å². The van der Waals surface area contributed by atoms with E-state index < -0.39 is 0 Å². The molecule has 1 aliphatic rings. The number of nitrogens with zero attached hydrogens (tertiary/aromatic N) is 6. The minimum absolute atomic E-state index is 0.350. The van der Waals surface area contributed by atoms with E-state index in [0.717, 1.165) is 35.2 Å². The number of hydrogen-bond acceptors (Lipinski definition) is 6. The third-order valence-corrected chi connectivity index (χ3v) is 5.04. The number of imidazole rings is 1. The molecular weight excluding hydrogens is 330 g/mol. The summed E-state index contributed by atoms with van der Waals surface area (Å²) in [6, 6.07) is 2.41. The zero-order valence-corrected chi connectivity index (χ0v) is 14.6. The van der Waals surface area contributed by atoms with Gasteiger partial charge in [-0.25, -0.2) is 19.5 Å². The molecule has 0 aliphatic heterocycles. The first-order valence-electron chi connectivity index (χ1n) is 8.65. The second kappa shape index (κ2) is 5.77. The van der Waals surface area contributed by atoms with Gasteiger partial charge in [-0.2, -0.15) is 0 Å². The maximum absolute atomic E-state index is 5.31. The molecule has 4 heterocycles. The van der Waals surface area contributed by atoms with Gasteiger partial charge in [0.2, 0.25) is 11.7 Å². The lowest BCUT2D eigenvalue weighted by Gasteiger charge is -2.34. The minimum Gasteiger partial charge on any atom is -0.381 e. The average molecular weight is 349 g/mol. The summed E-state index contributed by atoms with van der Waals surface area (Å²) in [5.74, 6) is 1.34. The van der Waals surface area contributed by atoms with Crippen LogP contribution < -0.4 is 5.32 Å². The highest BCUT2D eigenvalue weighted by atomic mass is 16.5. The van der Waals surface area contributed by atoms with Crippen molar-refractivity contribution >= 4 is 17.2 Å². The molecule has 132 valence electrons. The fourth-order valence-electron chi connectivity index (χ4n) is 3.40. The molecule has 4 aromatic heterocycles. The Kier molecular flexibility index (Phi) is 3.39. The van der Waals surface area contributed by atoms with Crippen LogP contribution in [0.1, 0.15) is 18.5 Å². The normalized spacial score (nSPS) is 19.8. The van der Waals surface area contributed by atoms with Gasteiger partial charge in [-0.1, -0.05) is 0 Å². The van der Waals surface area contributed by atoms with Gasteiger partial charge in [-0.3, -0.25) is 4.40 Å². The summed E-state index contributed by atoms with van der Waals surface area (Å²) in [6.45, 7) is 2.01. The summed E-state index contributed by atoms with van der Waals surface area (Å²) in [6.07, 6.45) is 11.8. The maximum atomic E-state index is 5.31. The molecule has 26 heavy (non-hydrogen) atoms. The van der Waals surface area contributed by atoms with E-state index in [1.54, 1.807) is 7.11 Å².